The van der Waals surface area contributed by atoms with Gasteiger partial charge in [0, 0.05) is 6.04 Å². The Kier molecular flexibility index (Phi) is 4.88. The topological polar surface area (TPSA) is 66.8 Å². The highest BCUT2D eigenvalue weighted by atomic mass is 16.5. The summed E-state index contributed by atoms with van der Waals surface area (Å²) < 4.78 is 5.52. The molecular weight excluding hydrogens is 306 g/mol. The quantitative estimate of drug-likeness (QED) is 0.840. The Morgan fingerprint density at radius 3 is 2.38 bits per heavy atom. The fourth-order valence-corrected chi connectivity index (χ4v) is 3.40. The van der Waals surface area contributed by atoms with Crippen molar-refractivity contribution in [1.82, 2.24) is 4.90 Å². The highest BCUT2D eigenvalue weighted by Crippen LogP contribution is 2.34. The minimum absolute atomic E-state index is 0.0921. The van der Waals surface area contributed by atoms with Gasteiger partial charge in [-0.05, 0) is 37.0 Å². The summed E-state index contributed by atoms with van der Waals surface area (Å²) in [6, 6.07) is 6.85. The van der Waals surface area contributed by atoms with E-state index >= 15 is 0 Å². The van der Waals surface area contributed by atoms with Crippen LogP contribution in [0.3, 0.4) is 0 Å². The monoisotopic (exact) mass is 329 g/mol. The van der Waals surface area contributed by atoms with Gasteiger partial charge in [-0.1, -0.05) is 38.3 Å². The number of rotatable bonds is 5. The Hall–Kier alpha value is -2.30. The van der Waals surface area contributed by atoms with E-state index in [1.807, 2.05) is 6.92 Å². The molecule has 0 aromatic heterocycles. The summed E-state index contributed by atoms with van der Waals surface area (Å²) in [5.74, 6) is -0.672. The largest absolute Gasteiger partial charge is 0.502 e. The zero-order valence-electron chi connectivity index (χ0n) is 14.0. The van der Waals surface area contributed by atoms with Gasteiger partial charge in [0.25, 0.3) is 11.8 Å². The van der Waals surface area contributed by atoms with Crippen molar-refractivity contribution in [2.45, 2.75) is 51.5 Å². The van der Waals surface area contributed by atoms with Crippen LogP contribution in [0.4, 0.5) is 0 Å². The van der Waals surface area contributed by atoms with E-state index < -0.39 is 11.7 Å². The second kappa shape index (κ2) is 7.07. The van der Waals surface area contributed by atoms with Gasteiger partial charge in [-0.3, -0.25) is 14.5 Å². The van der Waals surface area contributed by atoms with E-state index in [0.29, 0.717) is 17.9 Å². The first-order valence-electron chi connectivity index (χ1n) is 8.68. The number of imide groups is 1. The van der Waals surface area contributed by atoms with Crippen LogP contribution in [-0.4, -0.2) is 34.5 Å². The molecule has 0 radical (unpaired) electrons. The van der Waals surface area contributed by atoms with Crippen molar-refractivity contribution in [3.8, 4) is 5.75 Å². The standard InChI is InChI=1S/C19H23NO4/c1-2-12-24-15-10-8-13(9-11-15)16-17(21)19(23)20(18(16)22)14-6-4-3-5-7-14/h8-11,14,21H,2-7,12H2,1H3. The molecule has 1 saturated carbocycles. The number of carbonyl (C=O) groups is 2. The highest BCUT2D eigenvalue weighted by Gasteiger charge is 2.43. The maximum Gasteiger partial charge on any atom is 0.296 e. The van der Waals surface area contributed by atoms with E-state index in [1.165, 1.54) is 4.90 Å². The van der Waals surface area contributed by atoms with E-state index in [9.17, 15) is 14.7 Å². The molecule has 1 aliphatic heterocycles. The summed E-state index contributed by atoms with van der Waals surface area (Å²) in [7, 11) is 0. The maximum atomic E-state index is 12.7. The third-order valence-electron chi connectivity index (χ3n) is 4.65. The second-order valence-corrected chi connectivity index (χ2v) is 6.37. The van der Waals surface area contributed by atoms with Crippen molar-refractivity contribution in [1.29, 1.82) is 0 Å². The zero-order chi connectivity index (χ0) is 17.1. The molecule has 0 unspecified atom stereocenters. The van der Waals surface area contributed by atoms with Crippen LogP contribution in [0.15, 0.2) is 30.0 Å². The van der Waals surface area contributed by atoms with Crippen molar-refractivity contribution < 1.29 is 19.4 Å². The molecule has 3 rings (SSSR count). The Labute approximate surface area is 141 Å². The molecule has 5 heteroatoms. The first-order chi connectivity index (χ1) is 11.6. The molecule has 128 valence electrons. The lowest BCUT2D eigenvalue weighted by atomic mass is 9.94. The van der Waals surface area contributed by atoms with Gasteiger partial charge in [-0.25, -0.2) is 0 Å². The predicted octanol–water partition coefficient (Wildman–Crippen LogP) is 3.45. The first-order valence-corrected chi connectivity index (χ1v) is 8.68. The van der Waals surface area contributed by atoms with Crippen LogP contribution in [0.1, 0.15) is 51.0 Å². The molecule has 0 saturated heterocycles. The number of carbonyl (C=O) groups excluding carboxylic acids is 2. The van der Waals surface area contributed by atoms with Gasteiger partial charge in [-0.15, -0.1) is 0 Å². The van der Waals surface area contributed by atoms with Gasteiger partial charge < -0.3 is 9.84 Å². The molecule has 1 aliphatic carbocycles. The van der Waals surface area contributed by atoms with Crippen molar-refractivity contribution in [3.05, 3.63) is 35.6 Å². The van der Waals surface area contributed by atoms with Crippen LogP contribution in [0.5, 0.6) is 5.75 Å². The maximum absolute atomic E-state index is 12.7. The number of hydrogen-bond acceptors (Lipinski definition) is 4. The third-order valence-corrected chi connectivity index (χ3v) is 4.65. The normalized spacial score (nSPS) is 19.3. The molecule has 1 aromatic carbocycles. The van der Waals surface area contributed by atoms with Crippen molar-refractivity contribution in [3.63, 3.8) is 0 Å². The van der Waals surface area contributed by atoms with Crippen LogP contribution in [0.25, 0.3) is 5.57 Å². The lowest BCUT2D eigenvalue weighted by molar-refractivity contribution is -0.141. The van der Waals surface area contributed by atoms with Gasteiger partial charge >= 0.3 is 0 Å². The van der Waals surface area contributed by atoms with E-state index in [2.05, 4.69) is 0 Å². The summed E-state index contributed by atoms with van der Waals surface area (Å²) in [4.78, 5) is 26.4. The van der Waals surface area contributed by atoms with Crippen LogP contribution in [0, 0.1) is 0 Å². The molecule has 0 atom stereocenters. The first kappa shape index (κ1) is 16.6. The van der Waals surface area contributed by atoms with Gasteiger partial charge in [-0.2, -0.15) is 0 Å². The fourth-order valence-electron chi connectivity index (χ4n) is 3.40. The molecule has 2 aliphatic rings. The molecule has 1 fully saturated rings. The summed E-state index contributed by atoms with van der Waals surface area (Å²) in [5.41, 5.74) is 0.653. The molecule has 5 nitrogen and oxygen atoms in total. The predicted molar refractivity (Wildman–Crippen MR) is 90.5 cm³/mol. The Morgan fingerprint density at radius 1 is 1.08 bits per heavy atom. The summed E-state index contributed by atoms with van der Waals surface area (Å²) in [6.07, 6.45) is 5.72. The Bertz CT molecular complexity index is 656. The number of aliphatic hydroxyl groups is 1. The average molecular weight is 329 g/mol. The van der Waals surface area contributed by atoms with Crippen LogP contribution in [0.2, 0.25) is 0 Å². The Morgan fingerprint density at radius 2 is 1.75 bits per heavy atom. The van der Waals surface area contributed by atoms with Crippen molar-refractivity contribution in [2.24, 2.45) is 0 Å². The van der Waals surface area contributed by atoms with E-state index in [0.717, 1.165) is 38.5 Å². The van der Waals surface area contributed by atoms with Gasteiger partial charge in [0.1, 0.15) is 5.75 Å². The number of hydrogen-bond donors (Lipinski definition) is 1. The Balaban J connectivity index is 1.82. The molecule has 0 spiro atoms. The van der Waals surface area contributed by atoms with Crippen molar-refractivity contribution in [2.75, 3.05) is 6.61 Å². The minimum Gasteiger partial charge on any atom is -0.502 e. The van der Waals surface area contributed by atoms with Crippen LogP contribution >= 0.6 is 0 Å². The number of ether oxygens (including phenoxy) is 1. The van der Waals surface area contributed by atoms with Gasteiger partial charge in [0.05, 0.1) is 12.2 Å². The van der Waals surface area contributed by atoms with Crippen LogP contribution < -0.4 is 4.74 Å². The lowest BCUT2D eigenvalue weighted by Crippen LogP contribution is -2.42. The van der Waals surface area contributed by atoms with Gasteiger partial charge in [0.15, 0.2) is 5.76 Å². The summed E-state index contributed by atoms with van der Waals surface area (Å²) in [6.45, 7) is 2.65. The minimum atomic E-state index is -0.562. The lowest BCUT2D eigenvalue weighted by Gasteiger charge is -2.29. The van der Waals surface area contributed by atoms with Crippen molar-refractivity contribution >= 4 is 17.4 Å². The smallest absolute Gasteiger partial charge is 0.296 e. The van der Waals surface area contributed by atoms with Gasteiger partial charge in [0.2, 0.25) is 0 Å². The summed E-state index contributed by atoms with van der Waals surface area (Å²) >= 11 is 0. The highest BCUT2D eigenvalue weighted by molar-refractivity contribution is 6.35. The number of nitrogens with zero attached hydrogens (tertiary/aromatic N) is 1. The molecule has 0 bridgehead atoms. The number of amides is 2. The second-order valence-electron chi connectivity index (χ2n) is 6.37. The molecule has 1 heterocycles. The number of aliphatic hydroxyl groups excluding tert-OH is 1. The van der Waals surface area contributed by atoms with Crippen LogP contribution in [-0.2, 0) is 9.59 Å². The number of benzene rings is 1. The fraction of sp³-hybridized carbons (Fsp3) is 0.474. The molecule has 24 heavy (non-hydrogen) atoms. The van der Waals surface area contributed by atoms with E-state index in [-0.39, 0.29) is 17.5 Å². The summed E-state index contributed by atoms with van der Waals surface area (Å²) in [5, 5.41) is 10.2. The molecule has 2 amide bonds. The molecule has 1 N–H and O–H groups in total. The zero-order valence-corrected chi connectivity index (χ0v) is 14.0. The van der Waals surface area contributed by atoms with E-state index in [1.54, 1.807) is 24.3 Å². The molecule has 1 aromatic rings. The SMILES string of the molecule is CCCOc1ccc(C2=C(O)C(=O)N(C3CCCCC3)C2=O)cc1. The third kappa shape index (κ3) is 3.03. The molecular formula is C19H23NO4. The van der Waals surface area contributed by atoms with E-state index in [4.69, 9.17) is 4.74 Å². The average Bonchev–Trinajstić information content (AvgIpc) is 2.84.